The Hall–Kier alpha value is -1.53. The van der Waals surface area contributed by atoms with E-state index in [1.54, 1.807) is 11.8 Å². The molecule has 1 aromatic carbocycles. The molecule has 0 saturated heterocycles. The zero-order chi connectivity index (χ0) is 14.1. The lowest BCUT2D eigenvalue weighted by Gasteiger charge is -2.22. The molecule has 0 spiro atoms. The van der Waals surface area contributed by atoms with E-state index >= 15 is 0 Å². The van der Waals surface area contributed by atoms with Gasteiger partial charge in [-0.3, -0.25) is 0 Å². The summed E-state index contributed by atoms with van der Waals surface area (Å²) in [6.45, 7) is 3.91. The molecule has 0 amide bonds. The van der Waals surface area contributed by atoms with Gasteiger partial charge >= 0.3 is 0 Å². The summed E-state index contributed by atoms with van der Waals surface area (Å²) in [6, 6.07) is 7.95. The number of hydrogen-bond acceptors (Lipinski definition) is 6. The van der Waals surface area contributed by atoms with Crippen LogP contribution in [0.3, 0.4) is 0 Å². The number of aromatic nitrogens is 2. The number of ether oxygens (including phenoxy) is 1. The van der Waals surface area contributed by atoms with Crippen LogP contribution in [0, 0.1) is 0 Å². The number of nitrogens with two attached hydrogens (primary N) is 1. The number of rotatable bonds is 3. The second-order valence-electron chi connectivity index (χ2n) is 5.00. The van der Waals surface area contributed by atoms with E-state index in [4.69, 9.17) is 15.0 Å². The van der Waals surface area contributed by atoms with E-state index < -0.39 is 0 Å². The maximum atomic E-state index is 5.93. The van der Waals surface area contributed by atoms with Gasteiger partial charge in [0.1, 0.15) is 5.75 Å². The standard InChI is InChI=1S/C14H17N3O2S/c1-8(9(2)15)14-16-13(17-19-14)11-7-20-12-6-4-3-5-10(12)18-11/h3-6,8-9,11H,7,15H2,1-2H3. The number of para-hydroxylation sites is 1. The van der Waals surface area contributed by atoms with E-state index in [9.17, 15) is 0 Å². The van der Waals surface area contributed by atoms with E-state index in [1.807, 2.05) is 32.0 Å². The number of hydrogen-bond donors (Lipinski definition) is 1. The number of benzene rings is 1. The molecule has 2 N–H and O–H groups in total. The van der Waals surface area contributed by atoms with Crippen molar-refractivity contribution in [3.8, 4) is 5.75 Å². The van der Waals surface area contributed by atoms with Crippen LogP contribution in [0.1, 0.15) is 37.6 Å². The van der Waals surface area contributed by atoms with Crippen LogP contribution in [-0.2, 0) is 0 Å². The van der Waals surface area contributed by atoms with Gasteiger partial charge in [0.15, 0.2) is 6.10 Å². The molecule has 0 radical (unpaired) electrons. The summed E-state index contributed by atoms with van der Waals surface area (Å²) in [6.07, 6.45) is -0.173. The molecule has 20 heavy (non-hydrogen) atoms. The van der Waals surface area contributed by atoms with Gasteiger partial charge < -0.3 is 15.0 Å². The van der Waals surface area contributed by atoms with Crippen LogP contribution in [0.25, 0.3) is 0 Å². The van der Waals surface area contributed by atoms with Gasteiger partial charge in [0.2, 0.25) is 11.7 Å². The largest absolute Gasteiger partial charge is 0.480 e. The predicted octanol–water partition coefficient (Wildman–Crippen LogP) is 2.75. The molecule has 0 fully saturated rings. The smallest absolute Gasteiger partial charge is 0.231 e. The summed E-state index contributed by atoms with van der Waals surface area (Å²) >= 11 is 1.74. The van der Waals surface area contributed by atoms with Crippen molar-refractivity contribution < 1.29 is 9.26 Å². The molecule has 3 unspecified atom stereocenters. The van der Waals surface area contributed by atoms with Crippen molar-refractivity contribution in [2.75, 3.05) is 5.75 Å². The van der Waals surface area contributed by atoms with Crippen LogP contribution in [0.2, 0.25) is 0 Å². The van der Waals surface area contributed by atoms with Crippen molar-refractivity contribution in [3.63, 3.8) is 0 Å². The van der Waals surface area contributed by atoms with Crippen LogP contribution in [0.5, 0.6) is 5.75 Å². The fourth-order valence-corrected chi connectivity index (χ4v) is 2.92. The third-order valence-electron chi connectivity index (χ3n) is 3.43. The van der Waals surface area contributed by atoms with Gasteiger partial charge in [0, 0.05) is 16.7 Å². The van der Waals surface area contributed by atoms with Crippen LogP contribution in [0.4, 0.5) is 0 Å². The quantitative estimate of drug-likeness (QED) is 0.937. The highest BCUT2D eigenvalue weighted by molar-refractivity contribution is 7.99. The first-order valence-electron chi connectivity index (χ1n) is 6.62. The highest BCUT2D eigenvalue weighted by atomic mass is 32.2. The fourth-order valence-electron chi connectivity index (χ4n) is 1.93. The van der Waals surface area contributed by atoms with E-state index in [-0.39, 0.29) is 18.1 Å². The normalized spacial score (nSPS) is 20.9. The third-order valence-corrected chi connectivity index (χ3v) is 4.55. The molecule has 0 aliphatic carbocycles. The van der Waals surface area contributed by atoms with Crippen molar-refractivity contribution in [2.24, 2.45) is 5.73 Å². The van der Waals surface area contributed by atoms with E-state index in [2.05, 4.69) is 16.2 Å². The lowest BCUT2D eigenvalue weighted by molar-refractivity contribution is 0.205. The molecular formula is C14H17N3O2S. The zero-order valence-corrected chi connectivity index (χ0v) is 12.3. The maximum Gasteiger partial charge on any atom is 0.231 e. The average molecular weight is 291 g/mol. The summed E-state index contributed by atoms with van der Waals surface area (Å²) in [5.41, 5.74) is 5.86. The minimum Gasteiger partial charge on any atom is -0.480 e. The molecule has 3 rings (SSSR count). The minimum atomic E-state index is -0.173. The maximum absolute atomic E-state index is 5.93. The van der Waals surface area contributed by atoms with Crippen LogP contribution in [0.15, 0.2) is 33.7 Å². The van der Waals surface area contributed by atoms with Gasteiger partial charge in [0.05, 0.1) is 5.92 Å². The van der Waals surface area contributed by atoms with Gasteiger partial charge in [-0.2, -0.15) is 4.98 Å². The monoisotopic (exact) mass is 291 g/mol. The Morgan fingerprint density at radius 1 is 1.35 bits per heavy atom. The summed E-state index contributed by atoms with van der Waals surface area (Å²) in [7, 11) is 0. The molecule has 3 atom stereocenters. The Balaban J connectivity index is 1.78. The first kappa shape index (κ1) is 13.5. The van der Waals surface area contributed by atoms with Crippen LogP contribution < -0.4 is 10.5 Å². The Labute approximate surface area is 121 Å². The molecule has 6 heteroatoms. The van der Waals surface area contributed by atoms with Crippen molar-refractivity contribution in [1.29, 1.82) is 0 Å². The number of fused-ring (bicyclic) bond motifs is 1. The summed E-state index contributed by atoms with van der Waals surface area (Å²) < 4.78 is 11.2. The first-order chi connectivity index (χ1) is 9.65. The molecule has 0 bridgehead atoms. The van der Waals surface area contributed by atoms with Gasteiger partial charge in [-0.15, -0.1) is 11.8 Å². The number of thioether (sulfide) groups is 1. The van der Waals surface area contributed by atoms with Gasteiger partial charge in [-0.25, -0.2) is 0 Å². The lowest BCUT2D eigenvalue weighted by atomic mass is 10.1. The van der Waals surface area contributed by atoms with E-state index in [0.717, 1.165) is 16.4 Å². The third kappa shape index (κ3) is 2.53. The zero-order valence-electron chi connectivity index (χ0n) is 11.4. The molecule has 5 nitrogen and oxygen atoms in total. The summed E-state index contributed by atoms with van der Waals surface area (Å²) in [4.78, 5) is 5.58. The van der Waals surface area contributed by atoms with Crippen LogP contribution >= 0.6 is 11.8 Å². The van der Waals surface area contributed by atoms with Gasteiger partial charge in [-0.05, 0) is 19.1 Å². The first-order valence-corrected chi connectivity index (χ1v) is 7.61. The number of nitrogens with zero attached hydrogens (tertiary/aromatic N) is 2. The molecule has 1 aliphatic rings. The Morgan fingerprint density at radius 2 is 2.15 bits per heavy atom. The summed E-state index contributed by atoms with van der Waals surface area (Å²) in [5, 5.41) is 4.04. The second-order valence-corrected chi connectivity index (χ2v) is 6.06. The lowest BCUT2D eigenvalue weighted by Crippen LogP contribution is -2.23. The molecule has 1 aromatic heterocycles. The Kier molecular flexibility index (Phi) is 3.67. The van der Waals surface area contributed by atoms with Crippen molar-refractivity contribution >= 4 is 11.8 Å². The van der Waals surface area contributed by atoms with Crippen molar-refractivity contribution in [3.05, 3.63) is 36.0 Å². The molecular weight excluding hydrogens is 274 g/mol. The van der Waals surface area contributed by atoms with Gasteiger partial charge in [-0.1, -0.05) is 24.2 Å². The van der Waals surface area contributed by atoms with Gasteiger partial charge in [0.25, 0.3) is 0 Å². The van der Waals surface area contributed by atoms with E-state index in [1.165, 1.54) is 0 Å². The molecule has 106 valence electrons. The fraction of sp³-hybridized carbons (Fsp3) is 0.429. The van der Waals surface area contributed by atoms with E-state index in [0.29, 0.717) is 11.7 Å². The highest BCUT2D eigenvalue weighted by Gasteiger charge is 2.27. The average Bonchev–Trinajstić information content (AvgIpc) is 2.95. The Morgan fingerprint density at radius 3 is 2.95 bits per heavy atom. The Bertz CT molecular complexity index is 600. The van der Waals surface area contributed by atoms with Crippen LogP contribution in [-0.4, -0.2) is 21.9 Å². The minimum absolute atomic E-state index is 0.0225. The van der Waals surface area contributed by atoms with Crippen molar-refractivity contribution in [2.45, 2.75) is 36.8 Å². The summed E-state index contributed by atoms with van der Waals surface area (Å²) in [5.74, 6) is 2.86. The molecule has 0 saturated carbocycles. The topological polar surface area (TPSA) is 74.2 Å². The SMILES string of the molecule is CC(N)C(C)c1nc(C2CSc3ccccc3O2)no1. The molecule has 2 heterocycles. The van der Waals surface area contributed by atoms with Crippen molar-refractivity contribution in [1.82, 2.24) is 10.1 Å². The molecule has 2 aromatic rings. The predicted molar refractivity (Wildman–Crippen MR) is 76.9 cm³/mol. The molecule has 1 aliphatic heterocycles. The highest BCUT2D eigenvalue weighted by Crippen LogP contribution is 2.39. The second kappa shape index (κ2) is 5.46.